The van der Waals surface area contributed by atoms with Crippen LogP contribution in [0.5, 0.6) is 0 Å². The summed E-state index contributed by atoms with van der Waals surface area (Å²) in [5, 5.41) is 3.52. The Morgan fingerprint density at radius 2 is 2.00 bits per heavy atom. The minimum Gasteiger partial charge on any atom is -0.469 e. The van der Waals surface area contributed by atoms with E-state index in [2.05, 4.69) is 27.2 Å². The summed E-state index contributed by atoms with van der Waals surface area (Å²) >= 11 is 0. The van der Waals surface area contributed by atoms with E-state index in [1.54, 1.807) is 0 Å². The lowest BCUT2D eigenvalue weighted by atomic mass is 9.97. The van der Waals surface area contributed by atoms with Crippen LogP contribution < -0.4 is 5.32 Å². The van der Waals surface area contributed by atoms with Crippen LogP contribution in [0.15, 0.2) is 4.99 Å². The molecular weight excluding hydrogens is 280 g/mol. The molecule has 6 heteroatoms. The Bertz CT molecular complexity index is 392. The highest BCUT2D eigenvalue weighted by atomic mass is 16.5. The highest BCUT2D eigenvalue weighted by Gasteiger charge is 2.27. The molecule has 0 radical (unpaired) electrons. The summed E-state index contributed by atoms with van der Waals surface area (Å²) in [4.78, 5) is 20.7. The molecule has 1 N–H and O–H groups in total. The number of carbonyl (C=O) groups is 1. The number of nitrogens with zero attached hydrogens (tertiary/aromatic N) is 3. The molecule has 22 heavy (non-hydrogen) atoms. The van der Waals surface area contributed by atoms with Crippen LogP contribution in [0.1, 0.15) is 25.7 Å². The number of hydrogen-bond acceptors (Lipinski definition) is 4. The molecule has 0 aromatic heterocycles. The van der Waals surface area contributed by atoms with Gasteiger partial charge < -0.3 is 19.9 Å². The fraction of sp³-hybridized carbons (Fsp3) is 0.875. The second-order valence-electron chi connectivity index (χ2n) is 6.48. The zero-order valence-electron chi connectivity index (χ0n) is 14.2. The normalized spacial score (nSPS) is 25.1. The Morgan fingerprint density at radius 1 is 1.27 bits per heavy atom. The van der Waals surface area contributed by atoms with Crippen molar-refractivity contribution in [2.45, 2.75) is 25.7 Å². The number of carbonyl (C=O) groups excluding carboxylic acids is 1. The van der Waals surface area contributed by atoms with E-state index in [-0.39, 0.29) is 11.9 Å². The first-order valence-corrected chi connectivity index (χ1v) is 8.36. The van der Waals surface area contributed by atoms with Gasteiger partial charge in [-0.3, -0.25) is 9.79 Å². The van der Waals surface area contributed by atoms with Gasteiger partial charge in [-0.25, -0.2) is 0 Å². The van der Waals surface area contributed by atoms with Gasteiger partial charge in [0, 0.05) is 33.2 Å². The minimum absolute atomic E-state index is 0.0475. The molecule has 0 bridgehead atoms. The first kappa shape index (κ1) is 17.1. The summed E-state index contributed by atoms with van der Waals surface area (Å²) in [7, 11) is 5.50. The van der Waals surface area contributed by atoms with Crippen molar-refractivity contribution in [2.24, 2.45) is 16.8 Å². The van der Waals surface area contributed by atoms with Gasteiger partial charge in [0.15, 0.2) is 5.96 Å². The average Bonchev–Trinajstić information content (AvgIpc) is 2.55. The predicted molar refractivity (Wildman–Crippen MR) is 87.9 cm³/mol. The number of piperidine rings is 2. The van der Waals surface area contributed by atoms with Crippen molar-refractivity contribution < 1.29 is 9.53 Å². The third-order valence-electron chi connectivity index (χ3n) is 4.81. The molecule has 6 nitrogen and oxygen atoms in total. The topological polar surface area (TPSA) is 57.2 Å². The first-order valence-electron chi connectivity index (χ1n) is 8.36. The molecule has 2 rings (SSSR count). The van der Waals surface area contributed by atoms with Crippen LogP contribution in [0.3, 0.4) is 0 Å². The number of guanidine groups is 1. The number of hydrogen-bond donors (Lipinski definition) is 1. The Labute approximate surface area is 133 Å². The van der Waals surface area contributed by atoms with Crippen molar-refractivity contribution in [3.05, 3.63) is 0 Å². The zero-order valence-corrected chi connectivity index (χ0v) is 14.2. The van der Waals surface area contributed by atoms with Crippen LogP contribution in [0.2, 0.25) is 0 Å². The molecule has 0 spiro atoms. The smallest absolute Gasteiger partial charge is 0.308 e. The van der Waals surface area contributed by atoms with Gasteiger partial charge in [-0.1, -0.05) is 0 Å². The fourth-order valence-electron chi connectivity index (χ4n) is 3.50. The van der Waals surface area contributed by atoms with Crippen LogP contribution in [0, 0.1) is 11.8 Å². The van der Waals surface area contributed by atoms with Crippen LogP contribution in [0.25, 0.3) is 0 Å². The summed E-state index contributed by atoms with van der Waals surface area (Å²) in [5.41, 5.74) is 0. The van der Waals surface area contributed by atoms with Crippen LogP contribution >= 0.6 is 0 Å². The largest absolute Gasteiger partial charge is 0.469 e. The third kappa shape index (κ3) is 4.60. The number of rotatable bonds is 3. The summed E-state index contributed by atoms with van der Waals surface area (Å²) in [6.07, 6.45) is 4.27. The molecule has 0 aliphatic carbocycles. The van der Waals surface area contributed by atoms with E-state index in [0.29, 0.717) is 5.92 Å². The van der Waals surface area contributed by atoms with E-state index in [4.69, 9.17) is 4.74 Å². The molecule has 0 amide bonds. The summed E-state index contributed by atoms with van der Waals surface area (Å²) in [6.45, 7) is 5.09. The number of likely N-dealkylation sites (tertiary alicyclic amines) is 2. The van der Waals surface area contributed by atoms with E-state index in [1.807, 2.05) is 7.05 Å². The monoisotopic (exact) mass is 310 g/mol. The molecule has 2 aliphatic heterocycles. The fourth-order valence-corrected chi connectivity index (χ4v) is 3.50. The number of methoxy groups -OCH3 is 1. The summed E-state index contributed by atoms with van der Waals surface area (Å²) in [6, 6.07) is 0. The Morgan fingerprint density at radius 3 is 2.59 bits per heavy atom. The van der Waals surface area contributed by atoms with Gasteiger partial charge in [-0.2, -0.15) is 0 Å². The molecule has 0 aromatic rings. The second kappa shape index (κ2) is 8.36. The predicted octanol–water partition coefficient (Wildman–Crippen LogP) is 0.789. The first-order chi connectivity index (χ1) is 10.6. The third-order valence-corrected chi connectivity index (χ3v) is 4.81. The van der Waals surface area contributed by atoms with Crippen LogP contribution in [-0.2, 0) is 9.53 Å². The van der Waals surface area contributed by atoms with Crippen LogP contribution in [0.4, 0.5) is 0 Å². The molecule has 1 unspecified atom stereocenters. The van der Waals surface area contributed by atoms with Crippen molar-refractivity contribution >= 4 is 11.9 Å². The van der Waals surface area contributed by atoms with E-state index < -0.39 is 0 Å². The second-order valence-corrected chi connectivity index (χ2v) is 6.48. The van der Waals surface area contributed by atoms with E-state index in [1.165, 1.54) is 26.5 Å². The maximum atomic E-state index is 11.6. The lowest BCUT2D eigenvalue weighted by Gasteiger charge is -2.35. The minimum atomic E-state index is -0.0761. The molecule has 2 fully saturated rings. The molecule has 0 aromatic carbocycles. The Balaban J connectivity index is 1.77. The van der Waals surface area contributed by atoms with Crippen molar-refractivity contribution in [2.75, 3.05) is 53.9 Å². The molecule has 1 atom stereocenters. The van der Waals surface area contributed by atoms with E-state index >= 15 is 0 Å². The molecule has 2 saturated heterocycles. The van der Waals surface area contributed by atoms with E-state index in [0.717, 1.165) is 45.0 Å². The molecular formula is C16H30N4O2. The van der Waals surface area contributed by atoms with Crippen molar-refractivity contribution in [3.8, 4) is 0 Å². The quantitative estimate of drug-likeness (QED) is 0.474. The highest BCUT2D eigenvalue weighted by molar-refractivity contribution is 5.80. The van der Waals surface area contributed by atoms with Gasteiger partial charge >= 0.3 is 5.97 Å². The van der Waals surface area contributed by atoms with Gasteiger partial charge in [-0.15, -0.1) is 0 Å². The summed E-state index contributed by atoms with van der Waals surface area (Å²) < 4.78 is 4.84. The lowest BCUT2D eigenvalue weighted by Crippen LogP contribution is -2.48. The van der Waals surface area contributed by atoms with Crippen LogP contribution in [-0.4, -0.2) is 75.7 Å². The number of ether oxygens (including phenoxy) is 1. The molecule has 0 saturated carbocycles. The van der Waals surface area contributed by atoms with Gasteiger partial charge in [0.1, 0.15) is 0 Å². The van der Waals surface area contributed by atoms with Gasteiger partial charge in [0.05, 0.1) is 13.0 Å². The van der Waals surface area contributed by atoms with Crippen molar-refractivity contribution in [3.63, 3.8) is 0 Å². The maximum Gasteiger partial charge on any atom is 0.308 e. The highest BCUT2D eigenvalue weighted by Crippen LogP contribution is 2.19. The average molecular weight is 310 g/mol. The number of esters is 1. The zero-order chi connectivity index (χ0) is 15.9. The van der Waals surface area contributed by atoms with Gasteiger partial charge in [-0.05, 0) is 45.2 Å². The molecule has 126 valence electrons. The van der Waals surface area contributed by atoms with Gasteiger partial charge in [0.25, 0.3) is 0 Å². The summed E-state index contributed by atoms with van der Waals surface area (Å²) in [5.74, 6) is 1.64. The molecule has 2 aliphatic rings. The lowest BCUT2D eigenvalue weighted by molar-refractivity contribution is -0.146. The molecule has 2 heterocycles. The SMILES string of the molecule is CN=C(NCC1CCCN(C)C1)N1CCC(C(=O)OC)CC1. The van der Waals surface area contributed by atoms with Gasteiger partial charge in [0.2, 0.25) is 0 Å². The van der Waals surface area contributed by atoms with Crippen molar-refractivity contribution in [1.82, 2.24) is 15.1 Å². The standard InChI is InChI=1S/C16H30N4O2/c1-17-16(18-11-13-5-4-8-19(2)12-13)20-9-6-14(7-10-20)15(21)22-3/h13-14H,4-12H2,1-3H3,(H,17,18). The van der Waals surface area contributed by atoms with E-state index in [9.17, 15) is 4.79 Å². The number of aliphatic imine (C=N–C) groups is 1. The Kier molecular flexibility index (Phi) is 6.49. The van der Waals surface area contributed by atoms with Crippen molar-refractivity contribution in [1.29, 1.82) is 0 Å². The number of nitrogens with one attached hydrogen (secondary N) is 1. The Hall–Kier alpha value is -1.30. The maximum absolute atomic E-state index is 11.6.